The van der Waals surface area contributed by atoms with Gasteiger partial charge in [0.2, 0.25) is 0 Å². The molecule has 2 aromatic carbocycles. The van der Waals surface area contributed by atoms with Crippen LogP contribution in [0.15, 0.2) is 57.0 Å². The molecule has 1 heterocycles. The predicted molar refractivity (Wildman–Crippen MR) is 125 cm³/mol. The summed E-state index contributed by atoms with van der Waals surface area (Å²) in [6.45, 7) is 11.2. The Morgan fingerprint density at radius 2 is 1.90 bits per heavy atom. The number of benzene rings is 2. The van der Waals surface area contributed by atoms with E-state index in [1.165, 1.54) is 21.6 Å². The highest BCUT2D eigenvalue weighted by Crippen LogP contribution is 2.32. The molecule has 0 aliphatic carbocycles. The molecule has 0 amide bonds. The third kappa shape index (κ3) is 5.33. The van der Waals surface area contributed by atoms with Crippen molar-refractivity contribution in [2.75, 3.05) is 6.61 Å². The van der Waals surface area contributed by atoms with E-state index in [4.69, 9.17) is 9.36 Å². The van der Waals surface area contributed by atoms with Crippen molar-refractivity contribution in [2.24, 2.45) is 5.16 Å². The van der Waals surface area contributed by atoms with E-state index in [1.54, 1.807) is 18.0 Å². The molecule has 0 saturated carbocycles. The van der Waals surface area contributed by atoms with Crippen LogP contribution < -0.4 is 0 Å². The summed E-state index contributed by atoms with van der Waals surface area (Å²) in [6.07, 6.45) is 2.86. The molecule has 1 unspecified atom stereocenters. The van der Waals surface area contributed by atoms with Crippen LogP contribution in [-0.4, -0.2) is 18.0 Å². The molecule has 0 radical (unpaired) electrons. The lowest BCUT2D eigenvalue weighted by molar-refractivity contribution is 0.160. The second kappa shape index (κ2) is 10.5. The zero-order valence-corrected chi connectivity index (χ0v) is 19.3. The maximum atomic E-state index is 5.73. The topological polar surface area (TPSA) is 47.6 Å². The molecule has 0 saturated heterocycles. The molecular weight excluding hydrogens is 392 g/mol. The molecule has 158 valence electrons. The van der Waals surface area contributed by atoms with Gasteiger partial charge in [0.15, 0.2) is 5.76 Å². The highest BCUT2D eigenvalue weighted by atomic mass is 32.2. The summed E-state index contributed by atoms with van der Waals surface area (Å²) in [5.74, 6) is 2.00. The van der Waals surface area contributed by atoms with E-state index < -0.39 is 0 Å². The standard InChI is InChI=1S/C25H30N2O2S/c1-6-18(4)21-12-13-24(19(5)14-21)30-16-23-22(15-26-28-7-2)25(29-27-23)20-10-8-17(3)9-11-20/h8-15,18H,6-7,16H2,1-5H3/b26-15+. The second-order valence-corrected chi connectivity index (χ2v) is 8.53. The summed E-state index contributed by atoms with van der Waals surface area (Å²) in [6, 6.07) is 15.0. The number of aromatic nitrogens is 1. The van der Waals surface area contributed by atoms with Gasteiger partial charge < -0.3 is 9.36 Å². The van der Waals surface area contributed by atoms with Gasteiger partial charge in [-0.2, -0.15) is 0 Å². The van der Waals surface area contributed by atoms with E-state index in [2.05, 4.69) is 68.3 Å². The molecule has 3 rings (SSSR count). The van der Waals surface area contributed by atoms with Crippen molar-refractivity contribution in [3.63, 3.8) is 0 Å². The van der Waals surface area contributed by atoms with Crippen LogP contribution in [0, 0.1) is 13.8 Å². The van der Waals surface area contributed by atoms with Gasteiger partial charge in [0.05, 0.1) is 11.8 Å². The van der Waals surface area contributed by atoms with Crippen molar-refractivity contribution in [1.29, 1.82) is 0 Å². The van der Waals surface area contributed by atoms with Crippen LogP contribution in [0.1, 0.15) is 61.1 Å². The largest absolute Gasteiger partial charge is 0.396 e. The highest BCUT2D eigenvalue weighted by molar-refractivity contribution is 7.98. The van der Waals surface area contributed by atoms with Crippen LogP contribution in [0.5, 0.6) is 0 Å². The fraction of sp³-hybridized carbons (Fsp3) is 0.360. The zero-order valence-electron chi connectivity index (χ0n) is 18.4. The van der Waals surface area contributed by atoms with E-state index in [-0.39, 0.29) is 0 Å². The summed E-state index contributed by atoms with van der Waals surface area (Å²) in [7, 11) is 0. The third-order valence-electron chi connectivity index (χ3n) is 5.25. The molecule has 30 heavy (non-hydrogen) atoms. The summed E-state index contributed by atoms with van der Waals surface area (Å²) in [5, 5.41) is 8.43. The Bertz CT molecular complexity index is 993. The Kier molecular flexibility index (Phi) is 7.75. The Labute approximate surface area is 183 Å². The monoisotopic (exact) mass is 422 g/mol. The second-order valence-electron chi connectivity index (χ2n) is 7.51. The summed E-state index contributed by atoms with van der Waals surface area (Å²) < 4.78 is 5.73. The van der Waals surface area contributed by atoms with E-state index in [0.717, 1.165) is 29.0 Å². The number of rotatable bonds is 9. The average molecular weight is 423 g/mol. The van der Waals surface area contributed by atoms with E-state index in [0.29, 0.717) is 18.3 Å². The molecule has 5 heteroatoms. The van der Waals surface area contributed by atoms with Gasteiger partial charge in [-0.3, -0.25) is 0 Å². The minimum Gasteiger partial charge on any atom is -0.396 e. The molecule has 0 aliphatic rings. The van der Waals surface area contributed by atoms with Crippen LogP contribution in [0.25, 0.3) is 11.3 Å². The molecule has 0 N–H and O–H groups in total. The lowest BCUT2D eigenvalue weighted by Crippen LogP contribution is -1.94. The van der Waals surface area contributed by atoms with Gasteiger partial charge in [0, 0.05) is 16.2 Å². The number of hydrogen-bond acceptors (Lipinski definition) is 5. The SMILES string of the molecule is CCO/N=C/c1c(CSc2ccc(C(C)CC)cc2C)noc1-c1ccc(C)cc1. The molecule has 3 aromatic rings. The third-order valence-corrected chi connectivity index (χ3v) is 6.43. The average Bonchev–Trinajstić information content (AvgIpc) is 3.15. The first-order valence-corrected chi connectivity index (χ1v) is 11.5. The van der Waals surface area contributed by atoms with E-state index >= 15 is 0 Å². The van der Waals surface area contributed by atoms with Crippen molar-refractivity contribution < 1.29 is 9.36 Å². The Morgan fingerprint density at radius 3 is 2.57 bits per heavy atom. The molecule has 0 aliphatic heterocycles. The fourth-order valence-electron chi connectivity index (χ4n) is 3.17. The quantitative estimate of drug-likeness (QED) is 0.209. The van der Waals surface area contributed by atoms with Gasteiger partial charge in [-0.1, -0.05) is 66.1 Å². The van der Waals surface area contributed by atoms with Gasteiger partial charge in [-0.25, -0.2) is 0 Å². The van der Waals surface area contributed by atoms with Crippen LogP contribution in [0.2, 0.25) is 0 Å². The summed E-state index contributed by atoms with van der Waals surface area (Å²) in [5.41, 5.74) is 6.61. The molecular formula is C25H30N2O2S. The lowest BCUT2D eigenvalue weighted by atomic mass is 9.97. The summed E-state index contributed by atoms with van der Waals surface area (Å²) >= 11 is 1.77. The Balaban J connectivity index is 1.84. The fourth-order valence-corrected chi connectivity index (χ4v) is 4.12. The van der Waals surface area contributed by atoms with Crippen LogP contribution >= 0.6 is 11.8 Å². The van der Waals surface area contributed by atoms with Crippen molar-refractivity contribution in [2.45, 2.75) is 57.6 Å². The predicted octanol–water partition coefficient (Wildman–Crippen LogP) is 7.13. The van der Waals surface area contributed by atoms with Gasteiger partial charge in [0.25, 0.3) is 0 Å². The molecule has 1 atom stereocenters. The first-order chi connectivity index (χ1) is 14.5. The molecule has 0 spiro atoms. The van der Waals surface area contributed by atoms with Crippen molar-refractivity contribution in [3.8, 4) is 11.3 Å². The summed E-state index contributed by atoms with van der Waals surface area (Å²) in [4.78, 5) is 6.45. The van der Waals surface area contributed by atoms with Gasteiger partial charge in [-0.05, 0) is 50.3 Å². The van der Waals surface area contributed by atoms with Crippen molar-refractivity contribution in [3.05, 3.63) is 70.4 Å². The first-order valence-electron chi connectivity index (χ1n) is 10.5. The maximum absolute atomic E-state index is 5.73. The van der Waals surface area contributed by atoms with Crippen LogP contribution in [0.4, 0.5) is 0 Å². The number of thioether (sulfide) groups is 1. The Hall–Kier alpha value is -2.53. The molecule has 0 fully saturated rings. The Morgan fingerprint density at radius 1 is 1.13 bits per heavy atom. The van der Waals surface area contributed by atoms with E-state index in [9.17, 15) is 0 Å². The zero-order chi connectivity index (χ0) is 21.5. The number of oxime groups is 1. The van der Waals surface area contributed by atoms with Gasteiger partial charge in [0.1, 0.15) is 12.3 Å². The smallest absolute Gasteiger partial charge is 0.176 e. The highest BCUT2D eigenvalue weighted by Gasteiger charge is 2.17. The number of hydrogen-bond donors (Lipinski definition) is 0. The first kappa shape index (κ1) is 22.2. The van der Waals surface area contributed by atoms with Gasteiger partial charge >= 0.3 is 0 Å². The number of aryl methyl sites for hydroxylation is 2. The molecule has 4 nitrogen and oxygen atoms in total. The van der Waals surface area contributed by atoms with E-state index in [1.807, 2.05) is 19.1 Å². The number of nitrogens with zero attached hydrogens (tertiary/aromatic N) is 2. The molecule has 1 aromatic heterocycles. The normalized spacial score (nSPS) is 12.4. The minimum absolute atomic E-state index is 0.521. The minimum atomic E-state index is 0.521. The van der Waals surface area contributed by atoms with Crippen LogP contribution in [0.3, 0.4) is 0 Å². The van der Waals surface area contributed by atoms with Crippen molar-refractivity contribution >= 4 is 18.0 Å². The van der Waals surface area contributed by atoms with Crippen molar-refractivity contribution in [1.82, 2.24) is 5.16 Å². The molecule has 0 bridgehead atoms. The van der Waals surface area contributed by atoms with Crippen LogP contribution in [-0.2, 0) is 10.6 Å². The maximum Gasteiger partial charge on any atom is 0.176 e. The lowest BCUT2D eigenvalue weighted by Gasteiger charge is -2.12. The van der Waals surface area contributed by atoms with Gasteiger partial charge in [-0.15, -0.1) is 11.8 Å².